The van der Waals surface area contributed by atoms with Crippen LogP contribution in [-0.4, -0.2) is 75.1 Å². The number of amides is 1. The van der Waals surface area contributed by atoms with E-state index < -0.39 is 11.6 Å². The topological polar surface area (TPSA) is 87.9 Å². The number of carbonyl (C=O) groups excluding carboxylic acids is 1. The Morgan fingerprint density at radius 2 is 1.74 bits per heavy atom. The number of rotatable bonds is 7. The molecule has 1 aromatic heterocycles. The van der Waals surface area contributed by atoms with Crippen LogP contribution in [0.5, 0.6) is 0 Å². The van der Waals surface area contributed by atoms with Crippen LogP contribution in [0.15, 0.2) is 18.2 Å². The van der Waals surface area contributed by atoms with Crippen LogP contribution < -0.4 is 0 Å². The Morgan fingerprint density at radius 3 is 2.39 bits per heavy atom. The first-order valence-corrected chi connectivity index (χ1v) is 11.0. The smallest absolute Gasteiger partial charge is 0.410 e. The van der Waals surface area contributed by atoms with Crippen molar-refractivity contribution in [3.63, 3.8) is 0 Å². The van der Waals surface area contributed by atoms with Gasteiger partial charge in [0.15, 0.2) is 0 Å². The molecule has 2 heterocycles. The van der Waals surface area contributed by atoms with Crippen LogP contribution in [0, 0.1) is 6.92 Å². The Labute approximate surface area is 183 Å². The summed E-state index contributed by atoms with van der Waals surface area (Å²) in [5, 5.41) is 14.8. The fraction of sp³-hybridized carbons (Fsp3) is 0.609. The molecule has 1 saturated heterocycles. The highest BCUT2D eigenvalue weighted by Gasteiger charge is 2.25. The second kappa shape index (κ2) is 9.68. The highest BCUT2D eigenvalue weighted by atomic mass is 16.6. The fourth-order valence-electron chi connectivity index (χ4n) is 3.90. The van der Waals surface area contributed by atoms with Gasteiger partial charge in [-0.05, 0) is 59.2 Å². The van der Waals surface area contributed by atoms with E-state index >= 15 is 0 Å². The number of carbonyl (C=O) groups is 2. The summed E-state index contributed by atoms with van der Waals surface area (Å²) in [5.41, 5.74) is 1.65. The molecule has 1 aliphatic heterocycles. The van der Waals surface area contributed by atoms with Crippen LogP contribution >= 0.6 is 0 Å². The zero-order valence-electron chi connectivity index (χ0n) is 19.1. The molecular weight excluding hydrogens is 396 g/mol. The van der Waals surface area contributed by atoms with Gasteiger partial charge in [-0.2, -0.15) is 5.10 Å². The van der Waals surface area contributed by atoms with E-state index in [0.29, 0.717) is 18.7 Å². The summed E-state index contributed by atoms with van der Waals surface area (Å²) in [5.74, 6) is -0.918. The van der Waals surface area contributed by atoms with Crippen LogP contribution in [0.3, 0.4) is 0 Å². The zero-order valence-corrected chi connectivity index (χ0v) is 19.1. The number of fused-ring (bicyclic) bond motifs is 1. The Hall–Kier alpha value is -2.61. The number of unbranched alkanes of at least 4 members (excludes halogenated alkanes) is 2. The molecule has 1 N–H and O–H groups in total. The highest BCUT2D eigenvalue weighted by molar-refractivity contribution is 5.93. The number of hydrogen-bond donors (Lipinski definition) is 1. The van der Waals surface area contributed by atoms with E-state index in [1.807, 2.05) is 38.4 Å². The molecule has 0 bridgehead atoms. The number of carboxylic acids is 1. The van der Waals surface area contributed by atoms with Crippen molar-refractivity contribution in [1.29, 1.82) is 0 Å². The average molecular weight is 431 g/mol. The molecule has 0 spiro atoms. The molecule has 3 rings (SSSR count). The van der Waals surface area contributed by atoms with Gasteiger partial charge >= 0.3 is 12.1 Å². The molecule has 0 saturated carbocycles. The van der Waals surface area contributed by atoms with Crippen molar-refractivity contribution < 1.29 is 19.4 Å². The number of aromatic nitrogens is 2. The number of benzene rings is 1. The summed E-state index contributed by atoms with van der Waals surface area (Å²) < 4.78 is 7.38. The van der Waals surface area contributed by atoms with Gasteiger partial charge < -0.3 is 14.7 Å². The quantitative estimate of drug-likeness (QED) is 0.673. The van der Waals surface area contributed by atoms with E-state index in [9.17, 15) is 14.7 Å². The minimum absolute atomic E-state index is 0.222. The molecule has 170 valence electrons. The first-order valence-electron chi connectivity index (χ1n) is 11.0. The molecule has 1 fully saturated rings. The van der Waals surface area contributed by atoms with Crippen molar-refractivity contribution in [2.75, 3.05) is 32.7 Å². The number of aryl methyl sites for hydroxylation is 2. The van der Waals surface area contributed by atoms with Crippen molar-refractivity contribution >= 4 is 23.0 Å². The maximum absolute atomic E-state index is 12.2. The summed E-state index contributed by atoms with van der Waals surface area (Å²) in [7, 11) is 0. The van der Waals surface area contributed by atoms with Gasteiger partial charge in [0.05, 0.1) is 16.8 Å². The molecule has 1 amide bonds. The van der Waals surface area contributed by atoms with Crippen molar-refractivity contribution in [1.82, 2.24) is 19.6 Å². The van der Waals surface area contributed by atoms with E-state index in [1.54, 1.807) is 17.0 Å². The number of piperazine rings is 1. The van der Waals surface area contributed by atoms with Crippen molar-refractivity contribution in [3.8, 4) is 0 Å². The van der Waals surface area contributed by atoms with E-state index in [4.69, 9.17) is 4.74 Å². The summed E-state index contributed by atoms with van der Waals surface area (Å²) in [6, 6.07) is 5.18. The second-order valence-electron chi connectivity index (χ2n) is 9.22. The normalized spacial score (nSPS) is 15.4. The summed E-state index contributed by atoms with van der Waals surface area (Å²) >= 11 is 0. The van der Waals surface area contributed by atoms with Crippen molar-refractivity contribution in [2.24, 2.45) is 0 Å². The molecule has 0 aliphatic carbocycles. The molecule has 8 nitrogen and oxygen atoms in total. The van der Waals surface area contributed by atoms with E-state index in [-0.39, 0.29) is 6.09 Å². The van der Waals surface area contributed by atoms with Gasteiger partial charge in [-0.25, -0.2) is 9.59 Å². The van der Waals surface area contributed by atoms with E-state index in [1.165, 1.54) is 0 Å². The van der Waals surface area contributed by atoms with Gasteiger partial charge in [0.1, 0.15) is 5.60 Å². The predicted molar refractivity (Wildman–Crippen MR) is 120 cm³/mol. The van der Waals surface area contributed by atoms with Gasteiger partial charge in [-0.3, -0.25) is 9.58 Å². The lowest BCUT2D eigenvalue weighted by Crippen LogP contribution is -2.50. The molecule has 2 aromatic rings. The average Bonchev–Trinajstić information content (AvgIpc) is 3.02. The zero-order chi connectivity index (χ0) is 22.6. The Bertz CT molecular complexity index is 924. The molecule has 0 unspecified atom stereocenters. The SMILES string of the molecule is Cc1nn(CCCCCN2CCN(C(=O)OC(C)(C)C)CC2)c2cc(C(=O)O)ccc12. The van der Waals surface area contributed by atoms with Gasteiger partial charge in [0.2, 0.25) is 0 Å². The van der Waals surface area contributed by atoms with Crippen LogP contribution in [-0.2, 0) is 11.3 Å². The van der Waals surface area contributed by atoms with E-state index in [0.717, 1.165) is 62.0 Å². The first-order chi connectivity index (χ1) is 14.6. The summed E-state index contributed by atoms with van der Waals surface area (Å²) in [6.07, 6.45) is 2.93. The number of hydrogen-bond acceptors (Lipinski definition) is 5. The molecule has 0 radical (unpaired) electrons. The Morgan fingerprint density at radius 1 is 1.06 bits per heavy atom. The Kier molecular flexibility index (Phi) is 7.20. The van der Waals surface area contributed by atoms with Crippen LogP contribution in [0.4, 0.5) is 4.79 Å². The lowest BCUT2D eigenvalue weighted by Gasteiger charge is -2.35. The lowest BCUT2D eigenvalue weighted by molar-refractivity contribution is 0.0144. The molecule has 1 aliphatic rings. The first kappa shape index (κ1) is 23.1. The second-order valence-corrected chi connectivity index (χ2v) is 9.22. The van der Waals surface area contributed by atoms with Crippen LogP contribution in [0.1, 0.15) is 56.1 Å². The van der Waals surface area contributed by atoms with Crippen LogP contribution in [0.25, 0.3) is 10.9 Å². The molecule has 31 heavy (non-hydrogen) atoms. The number of ether oxygens (including phenoxy) is 1. The minimum atomic E-state index is -0.918. The highest BCUT2D eigenvalue weighted by Crippen LogP contribution is 2.20. The third-order valence-corrected chi connectivity index (χ3v) is 5.55. The number of aromatic carboxylic acids is 1. The molecule has 1 aromatic carbocycles. The largest absolute Gasteiger partial charge is 0.478 e. The molecule has 0 atom stereocenters. The van der Waals surface area contributed by atoms with Gasteiger partial charge in [-0.15, -0.1) is 0 Å². The minimum Gasteiger partial charge on any atom is -0.478 e. The van der Waals surface area contributed by atoms with Gasteiger partial charge in [0.25, 0.3) is 0 Å². The van der Waals surface area contributed by atoms with Gasteiger partial charge in [0, 0.05) is 38.1 Å². The lowest BCUT2D eigenvalue weighted by atomic mass is 10.1. The maximum Gasteiger partial charge on any atom is 0.410 e. The maximum atomic E-state index is 12.2. The third-order valence-electron chi connectivity index (χ3n) is 5.55. The van der Waals surface area contributed by atoms with E-state index in [2.05, 4.69) is 10.00 Å². The fourth-order valence-corrected chi connectivity index (χ4v) is 3.90. The monoisotopic (exact) mass is 430 g/mol. The van der Waals surface area contributed by atoms with Gasteiger partial charge in [-0.1, -0.05) is 12.5 Å². The van der Waals surface area contributed by atoms with Crippen molar-refractivity contribution in [3.05, 3.63) is 29.5 Å². The molecular formula is C23H34N4O4. The summed E-state index contributed by atoms with van der Waals surface area (Å²) in [4.78, 5) is 27.6. The number of nitrogens with zero attached hydrogens (tertiary/aromatic N) is 4. The molecule has 8 heteroatoms. The predicted octanol–water partition coefficient (Wildman–Crippen LogP) is 3.77. The van der Waals surface area contributed by atoms with Crippen LogP contribution in [0.2, 0.25) is 0 Å². The summed E-state index contributed by atoms with van der Waals surface area (Å²) in [6.45, 7) is 12.6. The number of carboxylic acid groups (broad SMARTS) is 1. The van der Waals surface area contributed by atoms with Crippen molar-refractivity contribution in [2.45, 2.75) is 59.1 Å². The third kappa shape index (κ3) is 6.19. The standard InChI is InChI=1S/C23H34N4O4/c1-17-19-9-8-18(21(28)29)16-20(19)27(24-17)11-7-5-6-10-25-12-14-26(15-13-25)22(30)31-23(2,3)4/h8-9,16H,5-7,10-15H2,1-4H3,(H,28,29). The Balaban J connectivity index is 1.40.